The molecular formula is C95H86ClF3N12O10S3. The number of fused-ring (bicyclic) bond motifs is 9. The van der Waals surface area contributed by atoms with Crippen LogP contribution in [0.1, 0.15) is 75.6 Å². The van der Waals surface area contributed by atoms with Gasteiger partial charge in [-0.2, -0.15) is 0 Å². The first-order valence-electron chi connectivity index (χ1n) is 39.4. The van der Waals surface area contributed by atoms with Crippen LogP contribution in [0.4, 0.5) is 47.3 Å². The van der Waals surface area contributed by atoms with E-state index in [-0.39, 0.29) is 92.6 Å². The van der Waals surface area contributed by atoms with Crippen molar-refractivity contribution in [2.75, 3.05) is 92.1 Å². The van der Waals surface area contributed by atoms with E-state index in [1.54, 1.807) is 119 Å². The Morgan fingerprint density at radius 2 is 0.677 bits per heavy atom. The minimum absolute atomic E-state index is 0.000813. The van der Waals surface area contributed by atoms with Crippen LogP contribution in [0.5, 0.6) is 5.75 Å². The smallest absolute Gasteiger partial charge is 0.264 e. The number of carbonyl (C=O) groups excluding carboxylic acids is 3. The van der Waals surface area contributed by atoms with Crippen LogP contribution in [0, 0.1) is 31.3 Å². The third-order valence-corrected chi connectivity index (χ3v) is 27.8. The van der Waals surface area contributed by atoms with E-state index in [9.17, 15) is 57.9 Å². The van der Waals surface area contributed by atoms with Crippen molar-refractivity contribution < 1.29 is 57.9 Å². The number of aromatic nitrogens is 3. The third-order valence-electron chi connectivity index (χ3n) is 22.8. The molecule has 6 heterocycles. The van der Waals surface area contributed by atoms with E-state index in [1.807, 2.05) is 157 Å². The van der Waals surface area contributed by atoms with Gasteiger partial charge in [0.2, 0.25) is 0 Å². The number of nitrogens with zero attached hydrogens (tertiary/aromatic N) is 11. The van der Waals surface area contributed by atoms with Crippen LogP contribution in [-0.2, 0) is 68.4 Å². The van der Waals surface area contributed by atoms with Gasteiger partial charge in [-0.3, -0.25) is 37.9 Å². The summed E-state index contributed by atoms with van der Waals surface area (Å²) in [5, 5.41) is 20.8. The molecule has 632 valence electrons. The van der Waals surface area contributed by atoms with Gasteiger partial charge < -0.3 is 39.8 Å². The van der Waals surface area contributed by atoms with Crippen LogP contribution in [0.25, 0.3) is 65.0 Å². The Morgan fingerprint density at radius 3 is 1.06 bits per heavy atom. The molecule has 0 spiro atoms. The predicted octanol–water partition coefficient (Wildman–Crippen LogP) is 17.9. The van der Waals surface area contributed by atoms with Crippen molar-refractivity contribution in [2.45, 2.75) is 67.8 Å². The van der Waals surface area contributed by atoms with Crippen molar-refractivity contribution in [1.82, 2.24) is 29.7 Å². The van der Waals surface area contributed by atoms with Gasteiger partial charge >= 0.3 is 0 Å². The summed E-state index contributed by atoms with van der Waals surface area (Å²) in [6.07, 6.45) is 4.87. The fraction of sp³-hybridized carbons (Fsp3) is 0.179. The summed E-state index contributed by atoms with van der Waals surface area (Å²) in [7, 11) is 9.81. The highest BCUT2D eigenvalue weighted by Gasteiger charge is 2.41. The minimum Gasteiger partial charge on any atom is -0.505 e. The van der Waals surface area contributed by atoms with Gasteiger partial charge in [0, 0.05) is 220 Å². The second-order valence-electron chi connectivity index (χ2n) is 31.0. The number of aryl methyl sites for hydroxylation is 2. The molecule has 0 aliphatic carbocycles. The van der Waals surface area contributed by atoms with Crippen LogP contribution in [0.3, 0.4) is 0 Å². The quantitative estimate of drug-likeness (QED) is 0.0804. The van der Waals surface area contributed by atoms with Crippen molar-refractivity contribution in [3.05, 3.63) is 316 Å². The van der Waals surface area contributed by atoms with Gasteiger partial charge in [0.15, 0.2) is 5.75 Å². The molecule has 0 bridgehead atoms. The van der Waals surface area contributed by atoms with E-state index in [1.165, 1.54) is 76.3 Å². The highest BCUT2D eigenvalue weighted by atomic mass is 35.7. The highest BCUT2D eigenvalue weighted by Crippen LogP contribution is 2.48. The van der Waals surface area contributed by atoms with E-state index in [0.29, 0.717) is 79.0 Å². The lowest BCUT2D eigenvalue weighted by atomic mass is 9.97. The van der Waals surface area contributed by atoms with Gasteiger partial charge in [0.1, 0.15) is 23.0 Å². The molecule has 0 fully saturated rings. The van der Waals surface area contributed by atoms with Gasteiger partial charge in [0.25, 0.3) is 46.8 Å². The average molecular weight is 1740 g/mol. The molecule has 0 radical (unpaired) electrons. The van der Waals surface area contributed by atoms with E-state index in [0.717, 1.165) is 77.6 Å². The van der Waals surface area contributed by atoms with Gasteiger partial charge in [0.05, 0.1) is 53.8 Å². The molecule has 29 heteroatoms. The number of phenols is 1. The summed E-state index contributed by atoms with van der Waals surface area (Å²) in [5.74, 6) is -1.97. The number of hydrogen-bond donors (Lipinski definition) is 2. The standard InChI is InChI=1S/C32H29FN4O3S.C31H27FN4O4S.C20H18FN3O.C12H12ClNO2S/c1-20-29-26(19-37(32(29)38)18-21-13-15-22(33)16-14-21)31(25-10-7-17-34-30(20)25)36(4)41(39,40)28-12-6-8-23-24(28)9-5-11-27(23)35(2)3;1-34(2)25-10-4-8-22-21(25)7-5-11-26(22)41(39,40)35(3)29-23-9-6-16-33-28(23)30(37)27-24(29)18-36(31(27)38)17-19-12-14-20(32)15-13-19;1-12-17-16(19(22-2)15-4-3-9-23-18(12)15)11-24(20(17)25)10-13-5-7-14(21)8-6-13;1-14(2)11-7-3-6-10-9(11)5-4-8-12(10)17(13,15)16/h5-17H,18-19H2,1-4H3;4-16,37H,17-18H2,1-3H3;3-9,22H,10-11H2,1-2H3;3-8H,1-2H3. The Balaban J connectivity index is 0.000000135. The summed E-state index contributed by atoms with van der Waals surface area (Å²) in [6, 6.07) is 61.2. The van der Waals surface area contributed by atoms with Crippen molar-refractivity contribution in [1.29, 1.82) is 0 Å². The molecule has 3 aromatic heterocycles. The van der Waals surface area contributed by atoms with Crippen molar-refractivity contribution in [2.24, 2.45) is 0 Å². The maximum Gasteiger partial charge on any atom is 0.264 e. The second-order valence-corrected chi connectivity index (χ2v) is 37.4. The number of carbonyl (C=O) groups is 3. The van der Waals surface area contributed by atoms with Gasteiger partial charge in [-0.15, -0.1) is 0 Å². The number of amides is 3. The van der Waals surface area contributed by atoms with Crippen molar-refractivity contribution in [3.8, 4) is 5.75 Å². The number of phenolic OH excluding ortho intramolecular Hbond substituents is 1. The molecule has 18 rings (SSSR count). The summed E-state index contributed by atoms with van der Waals surface area (Å²) in [4.78, 5) is 64.9. The number of anilines is 6. The number of hydrogen-bond acceptors (Lipinski definition) is 17. The number of nitrogens with one attached hydrogen (secondary N) is 1. The zero-order chi connectivity index (χ0) is 88.3. The average Bonchev–Trinajstić information content (AvgIpc) is 1.52. The Hall–Kier alpha value is -13.4. The monoisotopic (exact) mass is 1740 g/mol. The normalized spacial score (nSPS) is 13.0. The predicted molar refractivity (Wildman–Crippen MR) is 485 cm³/mol. The minimum atomic E-state index is -4.15. The Bertz CT molecular complexity index is 6910. The number of aromatic hydroxyl groups is 1. The number of benzene rings is 12. The molecule has 0 saturated heterocycles. The van der Waals surface area contributed by atoms with Gasteiger partial charge in [-0.05, 0) is 151 Å². The first-order valence-corrected chi connectivity index (χ1v) is 44.6. The lowest BCUT2D eigenvalue weighted by Crippen LogP contribution is -2.28. The molecule has 12 aromatic carbocycles. The molecule has 22 nitrogen and oxygen atoms in total. The largest absolute Gasteiger partial charge is 0.505 e. The van der Waals surface area contributed by atoms with E-state index in [4.69, 9.17) is 10.7 Å². The van der Waals surface area contributed by atoms with Crippen molar-refractivity contribution >= 4 is 157 Å². The molecule has 3 aliphatic rings. The summed E-state index contributed by atoms with van der Waals surface area (Å²) >= 11 is 0. The first kappa shape index (κ1) is 85.6. The number of halogens is 4. The Morgan fingerprint density at radius 1 is 0.379 bits per heavy atom. The maximum atomic E-state index is 14.4. The summed E-state index contributed by atoms with van der Waals surface area (Å²) in [6.45, 7) is 5.49. The fourth-order valence-electron chi connectivity index (χ4n) is 16.9. The number of sulfonamides is 2. The molecule has 0 atom stereocenters. The molecule has 3 amide bonds. The first-order chi connectivity index (χ1) is 59.2. The third kappa shape index (κ3) is 15.9. The van der Waals surface area contributed by atoms with Crippen LogP contribution in [-0.4, -0.2) is 141 Å². The molecule has 124 heavy (non-hydrogen) atoms. The fourth-order valence-corrected chi connectivity index (χ4v) is 20.9. The summed E-state index contributed by atoms with van der Waals surface area (Å²) in [5.41, 5.74) is 13.2. The SMILES string of the molecule is CN(C)c1cccc2c(S(=O)(=O)Cl)cccc12.CN(C)c1cccc2c(S(=O)(=O)N(C)c3c4c(c(O)c5ncccc35)C(=O)N(Cc3ccc(F)cc3)C4)cccc12.CNc1c2c(c(C)c3ncccc13)C(=O)N(Cc1ccc(F)cc1)C2.Cc1c2c(c(N(C)S(=O)(=O)c3cccc4c(N(C)C)cccc34)c3cccnc13)CN(Cc1ccc(F)cc1)C2=O. The van der Waals surface area contributed by atoms with E-state index < -0.39 is 35.0 Å². The molecular weight excluding hydrogens is 1660 g/mol. The van der Waals surface area contributed by atoms with E-state index in [2.05, 4.69) is 20.3 Å². The Kier molecular flexibility index (Phi) is 23.5. The van der Waals surface area contributed by atoms with Crippen LogP contribution in [0.15, 0.2) is 252 Å². The number of pyridine rings is 3. The lowest BCUT2D eigenvalue weighted by Gasteiger charge is -2.25. The maximum absolute atomic E-state index is 14.4. The van der Waals surface area contributed by atoms with Gasteiger partial charge in [-0.1, -0.05) is 109 Å². The second kappa shape index (κ2) is 34.1. The van der Waals surface area contributed by atoms with Gasteiger partial charge in [-0.25, -0.2) is 38.4 Å². The zero-order valence-electron chi connectivity index (χ0n) is 69.5. The molecule has 0 unspecified atom stereocenters. The van der Waals surface area contributed by atoms with Crippen LogP contribution >= 0.6 is 10.7 Å². The zero-order valence-corrected chi connectivity index (χ0v) is 72.7. The lowest BCUT2D eigenvalue weighted by molar-refractivity contribution is 0.0758. The Labute approximate surface area is 720 Å². The molecule has 3 aliphatic heterocycles. The van der Waals surface area contributed by atoms with Crippen LogP contribution < -0.4 is 28.6 Å². The molecule has 15 aromatic rings. The molecule has 2 N–H and O–H groups in total. The van der Waals surface area contributed by atoms with E-state index >= 15 is 0 Å². The molecule has 0 saturated carbocycles. The number of rotatable bonds is 17. The highest BCUT2D eigenvalue weighted by molar-refractivity contribution is 8.14. The van der Waals surface area contributed by atoms with Crippen molar-refractivity contribution in [3.63, 3.8) is 0 Å². The topological polar surface area (TPSA) is 250 Å². The summed E-state index contributed by atoms with van der Waals surface area (Å²) < 4.78 is 123. The van der Waals surface area contributed by atoms with Crippen LogP contribution in [0.2, 0.25) is 0 Å².